The third-order valence-electron chi connectivity index (χ3n) is 3.92. The van der Waals surface area contributed by atoms with Crippen LogP contribution >= 0.6 is 0 Å². The summed E-state index contributed by atoms with van der Waals surface area (Å²) < 4.78 is 66.2. The van der Waals surface area contributed by atoms with E-state index >= 15 is 0 Å². The van der Waals surface area contributed by atoms with Crippen molar-refractivity contribution in [1.29, 1.82) is 0 Å². The van der Waals surface area contributed by atoms with Gasteiger partial charge in [0.05, 0.1) is 17.0 Å². The Morgan fingerprint density at radius 3 is 2.53 bits per heavy atom. The van der Waals surface area contributed by atoms with Gasteiger partial charge in [0.25, 0.3) is 0 Å². The number of carbonyl (C=O) groups excluding carboxylic acids is 1. The van der Waals surface area contributed by atoms with E-state index in [2.05, 4.69) is 20.8 Å². The first-order valence-electron chi connectivity index (χ1n) is 8.36. The summed E-state index contributed by atoms with van der Waals surface area (Å²) in [5, 5.41) is 13.6. The van der Waals surface area contributed by atoms with Crippen molar-refractivity contribution < 1.29 is 26.4 Å². The molecule has 0 fully saturated rings. The molecule has 158 valence electrons. The second kappa shape index (κ2) is 8.20. The van der Waals surface area contributed by atoms with Crippen LogP contribution in [0, 0.1) is 0 Å². The minimum atomic E-state index is -4.69. The third-order valence-corrected chi connectivity index (χ3v) is 5.32. The smallest absolute Gasteiger partial charge is 0.325 e. The molecule has 1 heterocycles. The molecular weight excluding hydrogens is 425 g/mol. The molecule has 1 aromatic heterocycles. The van der Waals surface area contributed by atoms with Crippen LogP contribution in [0.15, 0.2) is 53.4 Å². The molecule has 0 saturated heterocycles. The van der Waals surface area contributed by atoms with Crippen molar-refractivity contribution in [3.8, 4) is 11.4 Å². The van der Waals surface area contributed by atoms with E-state index in [-0.39, 0.29) is 0 Å². The molecule has 0 spiro atoms. The number of carbonyl (C=O) groups is 1. The van der Waals surface area contributed by atoms with Gasteiger partial charge in [0.15, 0.2) is 5.82 Å². The van der Waals surface area contributed by atoms with Crippen LogP contribution in [0.5, 0.6) is 0 Å². The Morgan fingerprint density at radius 1 is 1.13 bits per heavy atom. The SMILES string of the molecule is Cn1nnnc1-c1cccc(NC(=O)CNS(=O)(=O)c2cccc(C(F)(F)F)c2)c1. The molecule has 13 heteroatoms. The molecule has 0 aliphatic heterocycles. The van der Waals surface area contributed by atoms with E-state index in [1.165, 1.54) is 4.68 Å². The molecule has 2 aromatic carbocycles. The van der Waals surface area contributed by atoms with Crippen LogP contribution in [-0.2, 0) is 28.0 Å². The number of amides is 1. The number of alkyl halides is 3. The molecule has 9 nitrogen and oxygen atoms in total. The van der Waals surface area contributed by atoms with Crippen LogP contribution in [-0.4, -0.2) is 41.1 Å². The maximum absolute atomic E-state index is 12.8. The second-order valence-electron chi connectivity index (χ2n) is 6.11. The summed E-state index contributed by atoms with van der Waals surface area (Å²) in [7, 11) is -2.68. The fourth-order valence-corrected chi connectivity index (χ4v) is 3.53. The predicted octanol–water partition coefficient (Wildman–Crippen LogP) is 1.81. The van der Waals surface area contributed by atoms with Crippen LogP contribution < -0.4 is 10.0 Å². The number of halogens is 3. The number of nitrogens with zero attached hydrogens (tertiary/aromatic N) is 4. The zero-order valence-electron chi connectivity index (χ0n) is 15.4. The number of benzene rings is 2. The number of rotatable bonds is 6. The topological polar surface area (TPSA) is 119 Å². The molecule has 1 amide bonds. The molecule has 0 radical (unpaired) electrons. The number of hydrogen-bond donors (Lipinski definition) is 2. The molecule has 2 N–H and O–H groups in total. The van der Waals surface area contributed by atoms with Gasteiger partial charge < -0.3 is 5.32 Å². The molecule has 0 bridgehead atoms. The Bertz CT molecular complexity index is 1180. The van der Waals surface area contributed by atoms with Gasteiger partial charge in [-0.25, -0.2) is 17.8 Å². The van der Waals surface area contributed by atoms with Gasteiger partial charge in [-0.2, -0.15) is 13.2 Å². The molecule has 0 aliphatic carbocycles. The van der Waals surface area contributed by atoms with E-state index in [4.69, 9.17) is 0 Å². The average Bonchev–Trinajstić information content (AvgIpc) is 3.12. The standard InChI is InChI=1S/C17H15F3N6O3S/c1-26-16(23-24-25-26)11-4-2-6-13(8-11)22-15(27)10-21-30(28,29)14-7-3-5-12(9-14)17(18,19)20/h2-9,21H,10H2,1H3,(H,22,27). The van der Waals surface area contributed by atoms with E-state index < -0.39 is 39.1 Å². The molecule has 0 atom stereocenters. The Kier molecular flexibility index (Phi) is 5.85. The predicted molar refractivity (Wildman–Crippen MR) is 99.5 cm³/mol. The number of aromatic nitrogens is 4. The van der Waals surface area contributed by atoms with E-state index in [1.807, 2.05) is 4.72 Å². The van der Waals surface area contributed by atoms with E-state index in [0.29, 0.717) is 23.1 Å². The van der Waals surface area contributed by atoms with Gasteiger partial charge in [-0.15, -0.1) is 5.10 Å². The largest absolute Gasteiger partial charge is 0.416 e. The van der Waals surface area contributed by atoms with Crippen LogP contribution in [0.2, 0.25) is 0 Å². The average molecular weight is 440 g/mol. The number of nitrogens with one attached hydrogen (secondary N) is 2. The molecule has 3 aromatic rings. The third kappa shape index (κ3) is 4.99. The van der Waals surface area contributed by atoms with Crippen molar-refractivity contribution in [3.05, 3.63) is 54.1 Å². The maximum Gasteiger partial charge on any atom is 0.416 e. The number of sulfonamides is 1. The highest BCUT2D eigenvalue weighted by molar-refractivity contribution is 7.89. The second-order valence-corrected chi connectivity index (χ2v) is 7.87. The van der Waals surface area contributed by atoms with Crippen LogP contribution in [0.3, 0.4) is 0 Å². The zero-order chi connectivity index (χ0) is 21.9. The summed E-state index contributed by atoms with van der Waals surface area (Å²) >= 11 is 0. The van der Waals surface area contributed by atoms with Gasteiger partial charge in [-0.1, -0.05) is 18.2 Å². The van der Waals surface area contributed by atoms with Crippen LogP contribution in [0.4, 0.5) is 18.9 Å². The summed E-state index contributed by atoms with van der Waals surface area (Å²) in [6.45, 7) is -0.672. The van der Waals surface area contributed by atoms with Crippen molar-refractivity contribution in [1.82, 2.24) is 24.9 Å². The maximum atomic E-state index is 12.8. The lowest BCUT2D eigenvalue weighted by atomic mass is 10.2. The summed E-state index contributed by atoms with van der Waals surface area (Å²) in [4.78, 5) is 11.5. The highest BCUT2D eigenvalue weighted by atomic mass is 32.2. The van der Waals surface area contributed by atoms with Crippen molar-refractivity contribution in [2.24, 2.45) is 7.05 Å². The Morgan fingerprint density at radius 2 is 1.87 bits per heavy atom. The van der Waals surface area contributed by atoms with E-state index in [1.54, 1.807) is 31.3 Å². The van der Waals surface area contributed by atoms with Crippen molar-refractivity contribution in [2.75, 3.05) is 11.9 Å². The normalized spacial score (nSPS) is 12.0. The van der Waals surface area contributed by atoms with Gasteiger partial charge in [-0.05, 0) is 40.8 Å². The van der Waals surface area contributed by atoms with E-state index in [9.17, 15) is 26.4 Å². The zero-order valence-corrected chi connectivity index (χ0v) is 16.2. The highest BCUT2D eigenvalue weighted by Crippen LogP contribution is 2.30. The van der Waals surface area contributed by atoms with Crippen molar-refractivity contribution >= 4 is 21.6 Å². The van der Waals surface area contributed by atoms with Gasteiger partial charge in [0.2, 0.25) is 15.9 Å². The number of aryl methyl sites for hydroxylation is 1. The quantitative estimate of drug-likeness (QED) is 0.604. The monoisotopic (exact) mass is 440 g/mol. The number of tetrazole rings is 1. The summed E-state index contributed by atoms with van der Waals surface area (Å²) in [5.74, 6) is -0.255. The van der Waals surface area contributed by atoms with Crippen LogP contribution in [0.1, 0.15) is 5.56 Å². The molecule has 0 aliphatic rings. The van der Waals surface area contributed by atoms with Gasteiger partial charge in [-0.3, -0.25) is 4.79 Å². The minimum absolute atomic E-state index is 0.360. The summed E-state index contributed by atoms with van der Waals surface area (Å²) in [5.41, 5.74) is -0.131. The Labute approximate surface area is 169 Å². The lowest BCUT2D eigenvalue weighted by Gasteiger charge is -2.11. The Hall–Kier alpha value is -3.32. The lowest BCUT2D eigenvalue weighted by Crippen LogP contribution is -2.33. The highest BCUT2D eigenvalue weighted by Gasteiger charge is 2.31. The molecule has 0 unspecified atom stereocenters. The molecule has 0 saturated carbocycles. The van der Waals surface area contributed by atoms with E-state index in [0.717, 1.165) is 18.2 Å². The Balaban J connectivity index is 1.67. The van der Waals surface area contributed by atoms with Crippen molar-refractivity contribution in [2.45, 2.75) is 11.1 Å². The minimum Gasteiger partial charge on any atom is -0.325 e. The van der Waals surface area contributed by atoms with Gasteiger partial charge >= 0.3 is 6.18 Å². The van der Waals surface area contributed by atoms with Crippen molar-refractivity contribution in [3.63, 3.8) is 0 Å². The van der Waals surface area contributed by atoms with Gasteiger partial charge in [0, 0.05) is 18.3 Å². The fourth-order valence-electron chi connectivity index (χ4n) is 2.50. The van der Waals surface area contributed by atoms with Gasteiger partial charge in [0.1, 0.15) is 0 Å². The summed E-state index contributed by atoms with van der Waals surface area (Å²) in [6.07, 6.45) is -4.69. The fraction of sp³-hybridized carbons (Fsp3) is 0.176. The molecular formula is C17H15F3N6O3S. The first kappa shape index (κ1) is 21.4. The molecule has 30 heavy (non-hydrogen) atoms. The lowest BCUT2D eigenvalue weighted by molar-refractivity contribution is -0.137. The van der Waals surface area contributed by atoms with Crippen LogP contribution in [0.25, 0.3) is 11.4 Å². The number of anilines is 1. The first-order chi connectivity index (χ1) is 14.1. The number of hydrogen-bond acceptors (Lipinski definition) is 6. The first-order valence-corrected chi connectivity index (χ1v) is 9.84. The summed E-state index contributed by atoms with van der Waals surface area (Å²) in [6, 6.07) is 9.77. The molecule has 3 rings (SSSR count).